The van der Waals surface area contributed by atoms with Gasteiger partial charge in [-0.2, -0.15) is 0 Å². The molecule has 0 saturated heterocycles. The third-order valence-corrected chi connectivity index (χ3v) is 4.82. The summed E-state index contributed by atoms with van der Waals surface area (Å²) >= 11 is 12.2. The number of hydrogen-bond donors (Lipinski definition) is 1. The number of fused-ring (bicyclic) bond motifs is 3. The van der Waals surface area contributed by atoms with Crippen molar-refractivity contribution in [2.45, 2.75) is 0 Å². The third-order valence-electron chi connectivity index (χ3n) is 4.08. The molecule has 0 amide bonds. The number of methoxy groups -OCH3 is 1. The molecular weight excluding hydrogens is 359 g/mol. The van der Waals surface area contributed by atoms with E-state index in [1.54, 1.807) is 18.2 Å². The number of aromatic nitrogens is 2. The fourth-order valence-corrected chi connectivity index (χ4v) is 3.21. The molecule has 4 rings (SSSR count). The van der Waals surface area contributed by atoms with Gasteiger partial charge in [0.15, 0.2) is 0 Å². The molecular formula is C19H12Cl2N2O2. The van der Waals surface area contributed by atoms with Gasteiger partial charge in [-0.1, -0.05) is 47.5 Å². The highest BCUT2D eigenvalue weighted by Crippen LogP contribution is 2.35. The van der Waals surface area contributed by atoms with E-state index < -0.39 is 5.97 Å². The molecule has 2 aromatic heterocycles. The quantitative estimate of drug-likeness (QED) is 0.475. The molecule has 4 nitrogen and oxygen atoms in total. The van der Waals surface area contributed by atoms with Gasteiger partial charge in [-0.15, -0.1) is 0 Å². The number of benzene rings is 2. The van der Waals surface area contributed by atoms with Gasteiger partial charge in [-0.25, -0.2) is 9.78 Å². The van der Waals surface area contributed by atoms with Crippen LogP contribution >= 0.6 is 23.2 Å². The van der Waals surface area contributed by atoms with Crippen LogP contribution in [0.15, 0.2) is 48.5 Å². The van der Waals surface area contributed by atoms with E-state index in [0.717, 1.165) is 27.4 Å². The van der Waals surface area contributed by atoms with Crippen molar-refractivity contribution in [1.29, 1.82) is 0 Å². The van der Waals surface area contributed by atoms with E-state index in [2.05, 4.69) is 9.97 Å². The number of nitrogens with zero attached hydrogens (tertiary/aromatic N) is 1. The second-order valence-electron chi connectivity index (χ2n) is 5.57. The number of H-pyrrole nitrogens is 1. The highest BCUT2D eigenvalue weighted by molar-refractivity contribution is 6.42. The molecule has 1 N–H and O–H groups in total. The topological polar surface area (TPSA) is 55.0 Å². The Bertz CT molecular complexity index is 1140. The molecule has 25 heavy (non-hydrogen) atoms. The normalized spacial score (nSPS) is 11.2. The van der Waals surface area contributed by atoms with Crippen LogP contribution in [0.1, 0.15) is 10.5 Å². The predicted octanol–water partition coefficient (Wildman–Crippen LogP) is 5.48. The Kier molecular flexibility index (Phi) is 3.86. The van der Waals surface area contributed by atoms with Crippen molar-refractivity contribution in [3.63, 3.8) is 0 Å². The van der Waals surface area contributed by atoms with Crippen LogP contribution in [0, 0.1) is 0 Å². The number of hydrogen-bond acceptors (Lipinski definition) is 3. The van der Waals surface area contributed by atoms with Gasteiger partial charge in [0.2, 0.25) is 0 Å². The number of carbonyl (C=O) groups excluding carboxylic acids is 1. The van der Waals surface area contributed by atoms with Crippen molar-refractivity contribution < 1.29 is 9.53 Å². The molecule has 0 spiro atoms. The van der Waals surface area contributed by atoms with Gasteiger partial charge in [-0.3, -0.25) is 0 Å². The Morgan fingerprint density at radius 3 is 2.60 bits per heavy atom. The fourth-order valence-electron chi connectivity index (χ4n) is 2.91. The van der Waals surface area contributed by atoms with Crippen molar-refractivity contribution in [3.8, 4) is 11.3 Å². The number of para-hydroxylation sites is 1. The number of pyridine rings is 1. The zero-order valence-corrected chi connectivity index (χ0v) is 14.7. The van der Waals surface area contributed by atoms with E-state index in [1.807, 2.05) is 30.3 Å². The number of carbonyl (C=O) groups is 1. The van der Waals surface area contributed by atoms with Crippen LogP contribution in [0.5, 0.6) is 0 Å². The summed E-state index contributed by atoms with van der Waals surface area (Å²) < 4.78 is 4.85. The summed E-state index contributed by atoms with van der Waals surface area (Å²) in [7, 11) is 1.34. The van der Waals surface area contributed by atoms with Crippen molar-refractivity contribution in [2.75, 3.05) is 7.11 Å². The Hall–Kier alpha value is -2.56. The Balaban J connectivity index is 2.10. The van der Waals surface area contributed by atoms with Crippen LogP contribution in [0.2, 0.25) is 10.0 Å². The van der Waals surface area contributed by atoms with E-state index in [0.29, 0.717) is 15.7 Å². The molecule has 0 aliphatic rings. The molecule has 4 aromatic rings. The number of rotatable bonds is 2. The summed E-state index contributed by atoms with van der Waals surface area (Å²) in [5.74, 6) is -0.492. The first kappa shape index (κ1) is 15.9. The van der Waals surface area contributed by atoms with Gasteiger partial charge >= 0.3 is 5.97 Å². The average molecular weight is 371 g/mol. The fraction of sp³-hybridized carbons (Fsp3) is 0.0526. The van der Waals surface area contributed by atoms with Crippen LogP contribution in [-0.2, 0) is 4.74 Å². The molecule has 0 fully saturated rings. The lowest BCUT2D eigenvalue weighted by atomic mass is 10.1. The molecule has 2 heterocycles. The number of nitrogens with one attached hydrogen (secondary N) is 1. The number of aromatic amines is 1. The number of ether oxygens (including phenoxy) is 1. The summed E-state index contributed by atoms with van der Waals surface area (Å²) in [6.07, 6.45) is 0. The Morgan fingerprint density at radius 2 is 1.84 bits per heavy atom. The molecule has 0 unspecified atom stereocenters. The molecule has 0 atom stereocenters. The second-order valence-corrected chi connectivity index (χ2v) is 6.38. The minimum absolute atomic E-state index is 0.237. The average Bonchev–Trinajstić information content (AvgIpc) is 3.01. The lowest BCUT2D eigenvalue weighted by Crippen LogP contribution is -2.05. The maximum Gasteiger partial charge on any atom is 0.356 e. The van der Waals surface area contributed by atoms with Crippen LogP contribution in [0.25, 0.3) is 33.1 Å². The molecule has 6 heteroatoms. The van der Waals surface area contributed by atoms with E-state index in [4.69, 9.17) is 27.9 Å². The Labute approximate surface area is 153 Å². The smallest absolute Gasteiger partial charge is 0.356 e. The monoisotopic (exact) mass is 370 g/mol. The molecule has 0 aliphatic carbocycles. The first-order valence-electron chi connectivity index (χ1n) is 7.53. The van der Waals surface area contributed by atoms with Gasteiger partial charge in [0.1, 0.15) is 5.69 Å². The highest BCUT2D eigenvalue weighted by atomic mass is 35.5. The molecule has 0 bridgehead atoms. The predicted molar refractivity (Wildman–Crippen MR) is 100 cm³/mol. The Morgan fingerprint density at radius 1 is 1.04 bits per heavy atom. The minimum Gasteiger partial charge on any atom is -0.464 e. The first-order valence-corrected chi connectivity index (χ1v) is 8.29. The van der Waals surface area contributed by atoms with Crippen LogP contribution in [0.3, 0.4) is 0 Å². The van der Waals surface area contributed by atoms with Crippen LogP contribution in [0.4, 0.5) is 0 Å². The van der Waals surface area contributed by atoms with Gasteiger partial charge in [-0.05, 0) is 24.3 Å². The molecule has 0 radical (unpaired) electrons. The van der Waals surface area contributed by atoms with E-state index in [-0.39, 0.29) is 5.69 Å². The van der Waals surface area contributed by atoms with E-state index in [1.165, 1.54) is 7.11 Å². The van der Waals surface area contributed by atoms with E-state index >= 15 is 0 Å². The summed E-state index contributed by atoms with van der Waals surface area (Å²) in [4.78, 5) is 20.0. The maximum absolute atomic E-state index is 12.1. The molecule has 0 aliphatic heterocycles. The van der Waals surface area contributed by atoms with Crippen molar-refractivity contribution in [2.24, 2.45) is 0 Å². The SMILES string of the molecule is COC(=O)c1cc2c([nH]c3ccccc32)c(-c2ccc(Cl)c(Cl)c2)n1. The summed E-state index contributed by atoms with van der Waals surface area (Å²) in [6, 6.07) is 14.9. The molecule has 124 valence electrons. The van der Waals surface area contributed by atoms with Crippen molar-refractivity contribution in [1.82, 2.24) is 9.97 Å². The van der Waals surface area contributed by atoms with E-state index in [9.17, 15) is 4.79 Å². The summed E-state index contributed by atoms with van der Waals surface area (Å²) in [5, 5.41) is 2.79. The third kappa shape index (κ3) is 2.64. The number of esters is 1. The first-order chi connectivity index (χ1) is 12.1. The summed E-state index contributed by atoms with van der Waals surface area (Å²) in [5.41, 5.74) is 3.40. The molecule has 0 saturated carbocycles. The lowest BCUT2D eigenvalue weighted by molar-refractivity contribution is 0.0594. The number of halogens is 2. The second kappa shape index (κ2) is 6.06. The van der Waals surface area contributed by atoms with Gasteiger partial charge < -0.3 is 9.72 Å². The lowest BCUT2D eigenvalue weighted by Gasteiger charge is -2.07. The zero-order chi connectivity index (χ0) is 17.6. The van der Waals surface area contributed by atoms with Crippen molar-refractivity contribution in [3.05, 3.63) is 64.3 Å². The van der Waals surface area contributed by atoms with Gasteiger partial charge in [0.25, 0.3) is 0 Å². The van der Waals surface area contributed by atoms with Crippen LogP contribution < -0.4 is 0 Å². The van der Waals surface area contributed by atoms with Gasteiger partial charge in [0.05, 0.1) is 28.4 Å². The minimum atomic E-state index is -0.492. The standard InChI is InChI=1S/C19H12Cl2N2O2/c1-25-19(24)16-9-12-11-4-2-3-5-15(11)22-18(12)17(23-16)10-6-7-13(20)14(21)8-10/h2-9,22H,1H3. The summed E-state index contributed by atoms with van der Waals surface area (Å²) in [6.45, 7) is 0. The van der Waals surface area contributed by atoms with Crippen LogP contribution in [-0.4, -0.2) is 23.0 Å². The zero-order valence-electron chi connectivity index (χ0n) is 13.1. The largest absolute Gasteiger partial charge is 0.464 e. The van der Waals surface area contributed by atoms with Crippen molar-refractivity contribution >= 4 is 51.0 Å². The van der Waals surface area contributed by atoms with Gasteiger partial charge in [0, 0.05) is 21.9 Å². The maximum atomic E-state index is 12.1. The highest BCUT2D eigenvalue weighted by Gasteiger charge is 2.17. The molecule has 2 aromatic carbocycles.